The number of nitrogens with zero attached hydrogens (tertiary/aromatic N) is 2. The molecule has 0 spiro atoms. The summed E-state index contributed by atoms with van der Waals surface area (Å²) in [6, 6.07) is 13.2. The number of ether oxygens (including phenoxy) is 1. The van der Waals surface area contributed by atoms with Crippen LogP contribution in [0.15, 0.2) is 46.9 Å². The van der Waals surface area contributed by atoms with Gasteiger partial charge >= 0.3 is 0 Å². The average molecular weight is 418 g/mol. The number of benzene rings is 2. The number of rotatable bonds is 3. The quantitative estimate of drug-likeness (QED) is 0.695. The molecular formula is C18H16BrN3O2S. The Morgan fingerprint density at radius 3 is 2.84 bits per heavy atom. The maximum Gasteiger partial charge on any atom is 0.255 e. The normalized spacial score (nSPS) is 14.7. The van der Waals surface area contributed by atoms with Gasteiger partial charge in [-0.1, -0.05) is 33.3 Å². The predicted octanol–water partition coefficient (Wildman–Crippen LogP) is 4.15. The molecule has 1 amide bonds. The number of hydrogen-bond donors (Lipinski definition) is 1. The van der Waals surface area contributed by atoms with Crippen molar-refractivity contribution in [3.8, 4) is 0 Å². The molecule has 7 heteroatoms. The molecule has 0 saturated carbocycles. The van der Waals surface area contributed by atoms with Crippen LogP contribution >= 0.6 is 27.3 Å². The van der Waals surface area contributed by atoms with Gasteiger partial charge in [0.2, 0.25) is 0 Å². The summed E-state index contributed by atoms with van der Waals surface area (Å²) in [6.45, 7) is 3.21. The molecule has 2 aromatic carbocycles. The van der Waals surface area contributed by atoms with Gasteiger partial charge in [-0.15, -0.1) is 0 Å². The van der Waals surface area contributed by atoms with Crippen LogP contribution in [0.5, 0.6) is 0 Å². The summed E-state index contributed by atoms with van der Waals surface area (Å²) < 4.78 is 7.34. The summed E-state index contributed by atoms with van der Waals surface area (Å²) >= 11 is 5.03. The molecule has 0 atom stereocenters. The Morgan fingerprint density at radius 1 is 1.20 bits per heavy atom. The van der Waals surface area contributed by atoms with Crippen molar-refractivity contribution in [3.63, 3.8) is 0 Å². The van der Waals surface area contributed by atoms with E-state index in [1.165, 1.54) is 0 Å². The average Bonchev–Trinajstić information content (AvgIpc) is 3.06. The van der Waals surface area contributed by atoms with Crippen molar-refractivity contribution >= 4 is 54.2 Å². The van der Waals surface area contributed by atoms with Crippen LogP contribution in [-0.4, -0.2) is 37.2 Å². The Hall–Kier alpha value is -1.96. The Bertz CT molecular complexity index is 922. The van der Waals surface area contributed by atoms with Crippen molar-refractivity contribution in [2.75, 3.05) is 36.5 Å². The smallest absolute Gasteiger partial charge is 0.255 e. The lowest BCUT2D eigenvalue weighted by Crippen LogP contribution is -2.36. The van der Waals surface area contributed by atoms with E-state index in [2.05, 4.69) is 26.1 Å². The molecule has 1 aliphatic heterocycles. The molecule has 4 rings (SSSR count). The molecule has 0 aliphatic carbocycles. The van der Waals surface area contributed by atoms with E-state index in [0.29, 0.717) is 5.56 Å². The van der Waals surface area contributed by atoms with Crippen LogP contribution in [0.25, 0.3) is 10.2 Å². The van der Waals surface area contributed by atoms with E-state index in [-0.39, 0.29) is 5.91 Å². The molecule has 1 aliphatic rings. The first-order chi connectivity index (χ1) is 12.2. The topological polar surface area (TPSA) is 54.5 Å². The second kappa shape index (κ2) is 7.11. The van der Waals surface area contributed by atoms with E-state index in [0.717, 1.165) is 51.8 Å². The molecule has 0 radical (unpaired) electrons. The second-order valence-electron chi connectivity index (χ2n) is 5.74. The zero-order valence-corrected chi connectivity index (χ0v) is 15.8. The number of halogens is 1. The van der Waals surface area contributed by atoms with E-state index in [9.17, 15) is 4.79 Å². The minimum Gasteiger partial charge on any atom is -0.378 e. The molecule has 1 N–H and O–H groups in total. The fraction of sp³-hybridized carbons (Fsp3) is 0.222. The van der Waals surface area contributed by atoms with Gasteiger partial charge in [-0.05, 0) is 36.4 Å². The number of fused-ring (bicyclic) bond motifs is 1. The highest BCUT2D eigenvalue weighted by molar-refractivity contribution is 9.10. The number of hydrogen-bond acceptors (Lipinski definition) is 5. The summed E-state index contributed by atoms with van der Waals surface area (Å²) in [7, 11) is 0. The molecule has 0 unspecified atom stereocenters. The molecular weight excluding hydrogens is 402 g/mol. The van der Waals surface area contributed by atoms with Gasteiger partial charge < -0.3 is 15.0 Å². The van der Waals surface area contributed by atoms with Gasteiger partial charge in [0, 0.05) is 28.8 Å². The third kappa shape index (κ3) is 3.68. The molecule has 3 aromatic rings. The Morgan fingerprint density at radius 2 is 2.04 bits per heavy atom. The lowest BCUT2D eigenvalue weighted by Gasteiger charge is -2.25. The number of nitrogens with one attached hydrogen (secondary N) is 1. The Balaban J connectivity index is 1.55. The molecule has 2 heterocycles. The zero-order chi connectivity index (χ0) is 17.2. The molecule has 128 valence electrons. The maximum atomic E-state index is 12.4. The molecule has 5 nitrogen and oxygen atoms in total. The van der Waals surface area contributed by atoms with E-state index >= 15 is 0 Å². The number of carbonyl (C=O) groups is 1. The molecule has 1 saturated heterocycles. The maximum absolute atomic E-state index is 12.4. The SMILES string of the molecule is O=C(Nc1ccc2nc(N3CCOCC3)sc2c1)c1cccc(Br)c1. The third-order valence-electron chi connectivity index (χ3n) is 4.00. The summed E-state index contributed by atoms with van der Waals surface area (Å²) in [4.78, 5) is 19.3. The first kappa shape index (κ1) is 16.5. The highest BCUT2D eigenvalue weighted by Crippen LogP contribution is 2.31. The summed E-state index contributed by atoms with van der Waals surface area (Å²) in [5.74, 6) is -0.126. The number of morpholine rings is 1. The van der Waals surface area contributed by atoms with Crippen LogP contribution in [0.4, 0.5) is 10.8 Å². The standard InChI is InChI=1S/C18H16BrN3O2S/c19-13-3-1-2-12(10-13)17(23)20-14-4-5-15-16(11-14)25-18(21-15)22-6-8-24-9-7-22/h1-5,10-11H,6-9H2,(H,20,23). The molecule has 1 aromatic heterocycles. The van der Waals surface area contributed by atoms with Gasteiger partial charge in [-0.3, -0.25) is 4.79 Å². The van der Waals surface area contributed by atoms with Gasteiger partial charge in [0.15, 0.2) is 5.13 Å². The Labute approximate surface area is 157 Å². The number of thiazole rings is 1. The van der Waals surface area contributed by atoms with Crippen LogP contribution in [0.3, 0.4) is 0 Å². The van der Waals surface area contributed by atoms with Gasteiger partial charge in [0.05, 0.1) is 23.4 Å². The summed E-state index contributed by atoms with van der Waals surface area (Å²) in [5, 5.41) is 3.96. The highest BCUT2D eigenvalue weighted by atomic mass is 79.9. The van der Waals surface area contributed by atoms with Crippen LogP contribution in [0.2, 0.25) is 0 Å². The van der Waals surface area contributed by atoms with Crippen molar-refractivity contribution in [1.29, 1.82) is 0 Å². The van der Waals surface area contributed by atoms with Crippen LogP contribution in [0, 0.1) is 0 Å². The minimum absolute atomic E-state index is 0.126. The molecule has 0 bridgehead atoms. The van der Waals surface area contributed by atoms with Crippen molar-refractivity contribution < 1.29 is 9.53 Å². The van der Waals surface area contributed by atoms with E-state index in [1.807, 2.05) is 30.3 Å². The fourth-order valence-corrected chi connectivity index (χ4v) is 4.17. The lowest BCUT2D eigenvalue weighted by atomic mass is 10.2. The first-order valence-corrected chi connectivity index (χ1v) is 9.60. The largest absolute Gasteiger partial charge is 0.378 e. The van der Waals surface area contributed by atoms with Gasteiger partial charge in [0.25, 0.3) is 5.91 Å². The second-order valence-corrected chi connectivity index (χ2v) is 7.67. The van der Waals surface area contributed by atoms with Crippen LogP contribution in [-0.2, 0) is 4.74 Å². The highest BCUT2D eigenvalue weighted by Gasteiger charge is 2.16. The molecule has 25 heavy (non-hydrogen) atoms. The predicted molar refractivity (Wildman–Crippen MR) is 105 cm³/mol. The van der Waals surface area contributed by atoms with Gasteiger partial charge in [-0.25, -0.2) is 4.98 Å². The molecule has 1 fully saturated rings. The van der Waals surface area contributed by atoms with E-state index < -0.39 is 0 Å². The van der Waals surface area contributed by atoms with Crippen molar-refractivity contribution in [2.24, 2.45) is 0 Å². The first-order valence-electron chi connectivity index (χ1n) is 7.99. The monoisotopic (exact) mass is 417 g/mol. The lowest BCUT2D eigenvalue weighted by molar-refractivity contribution is 0.102. The van der Waals surface area contributed by atoms with Crippen LogP contribution < -0.4 is 10.2 Å². The zero-order valence-electron chi connectivity index (χ0n) is 13.4. The number of amides is 1. The third-order valence-corrected chi connectivity index (χ3v) is 5.58. The van der Waals surface area contributed by atoms with Crippen molar-refractivity contribution in [1.82, 2.24) is 4.98 Å². The Kier molecular flexibility index (Phi) is 4.70. The fourth-order valence-electron chi connectivity index (χ4n) is 2.71. The van der Waals surface area contributed by atoms with Crippen molar-refractivity contribution in [3.05, 3.63) is 52.5 Å². The van der Waals surface area contributed by atoms with Gasteiger partial charge in [-0.2, -0.15) is 0 Å². The van der Waals surface area contributed by atoms with E-state index in [4.69, 9.17) is 9.72 Å². The van der Waals surface area contributed by atoms with Crippen molar-refractivity contribution in [2.45, 2.75) is 0 Å². The summed E-state index contributed by atoms with van der Waals surface area (Å²) in [5.41, 5.74) is 2.34. The van der Waals surface area contributed by atoms with E-state index in [1.54, 1.807) is 23.5 Å². The number of carbonyl (C=O) groups excluding carboxylic acids is 1. The number of aromatic nitrogens is 1. The number of anilines is 2. The van der Waals surface area contributed by atoms with Crippen LogP contribution in [0.1, 0.15) is 10.4 Å². The van der Waals surface area contributed by atoms with Gasteiger partial charge in [0.1, 0.15) is 0 Å². The summed E-state index contributed by atoms with van der Waals surface area (Å²) in [6.07, 6.45) is 0. The minimum atomic E-state index is -0.126.